The summed E-state index contributed by atoms with van der Waals surface area (Å²) in [5, 5.41) is 6.59. The van der Waals surface area contributed by atoms with Crippen LogP contribution in [-0.4, -0.2) is 41.9 Å². The fourth-order valence-corrected chi connectivity index (χ4v) is 5.25. The molecule has 0 aliphatic carbocycles. The van der Waals surface area contributed by atoms with E-state index in [1.165, 1.54) is 16.4 Å². The molecule has 0 bridgehead atoms. The Balaban J connectivity index is 1.53. The van der Waals surface area contributed by atoms with Gasteiger partial charge in [-0.25, -0.2) is 8.42 Å². The van der Waals surface area contributed by atoms with Crippen molar-refractivity contribution < 1.29 is 17.7 Å². The van der Waals surface area contributed by atoms with Gasteiger partial charge in [-0.05, 0) is 62.2 Å². The van der Waals surface area contributed by atoms with Gasteiger partial charge in [0.2, 0.25) is 10.0 Å². The lowest BCUT2D eigenvalue weighted by Crippen LogP contribution is -2.28. The fourth-order valence-electron chi connectivity index (χ4n) is 3.23. The number of sulfonamides is 1. The summed E-state index contributed by atoms with van der Waals surface area (Å²) in [4.78, 5) is 16.7. The zero-order valence-electron chi connectivity index (χ0n) is 16.1. The summed E-state index contributed by atoms with van der Waals surface area (Å²) in [5.41, 5.74) is 1.44. The Bertz CT molecular complexity index is 1190. The van der Waals surface area contributed by atoms with Crippen molar-refractivity contribution in [1.82, 2.24) is 14.4 Å². The number of aryl methyl sites for hydroxylation is 1. The van der Waals surface area contributed by atoms with Gasteiger partial charge in [-0.1, -0.05) is 16.8 Å². The van der Waals surface area contributed by atoms with Gasteiger partial charge in [0.05, 0.1) is 5.02 Å². The van der Waals surface area contributed by atoms with Crippen LogP contribution in [0.15, 0.2) is 51.9 Å². The highest BCUT2D eigenvalue weighted by molar-refractivity contribution is 7.89. The molecule has 0 atom stereocenters. The van der Waals surface area contributed by atoms with Crippen molar-refractivity contribution >= 4 is 33.2 Å². The van der Waals surface area contributed by atoms with E-state index >= 15 is 0 Å². The van der Waals surface area contributed by atoms with Crippen LogP contribution in [0.3, 0.4) is 0 Å². The highest BCUT2D eigenvalue weighted by atomic mass is 35.5. The molecule has 156 valence electrons. The molecule has 2 heterocycles. The molecule has 1 aliphatic heterocycles. The Morgan fingerprint density at radius 2 is 1.83 bits per heavy atom. The molecule has 3 aromatic rings. The zero-order chi connectivity index (χ0) is 21.3. The van der Waals surface area contributed by atoms with Crippen molar-refractivity contribution in [2.45, 2.75) is 24.7 Å². The van der Waals surface area contributed by atoms with E-state index in [0.717, 1.165) is 12.8 Å². The highest BCUT2D eigenvalue weighted by Crippen LogP contribution is 2.30. The number of carbonyl (C=O) groups is 1. The minimum absolute atomic E-state index is 0.00835. The van der Waals surface area contributed by atoms with Crippen LogP contribution >= 0.6 is 11.6 Å². The Labute approximate surface area is 178 Å². The van der Waals surface area contributed by atoms with E-state index in [9.17, 15) is 13.2 Å². The molecule has 2 aromatic carbocycles. The largest absolute Gasteiger partial charge is 0.334 e. The summed E-state index contributed by atoms with van der Waals surface area (Å²) in [6.07, 6.45) is 1.65. The number of aromatic nitrogens is 2. The van der Waals surface area contributed by atoms with E-state index in [1.54, 1.807) is 37.3 Å². The summed E-state index contributed by atoms with van der Waals surface area (Å²) in [6, 6.07) is 11.1. The summed E-state index contributed by atoms with van der Waals surface area (Å²) >= 11 is 6.15. The lowest BCUT2D eigenvalue weighted by Gasteiger charge is -2.17. The first-order valence-electron chi connectivity index (χ1n) is 9.36. The van der Waals surface area contributed by atoms with Crippen LogP contribution < -0.4 is 5.32 Å². The zero-order valence-corrected chi connectivity index (χ0v) is 17.7. The molecule has 1 saturated heterocycles. The smallest absolute Gasteiger partial charge is 0.257 e. The lowest BCUT2D eigenvalue weighted by molar-refractivity contribution is 0.102. The van der Waals surface area contributed by atoms with Gasteiger partial charge in [-0.3, -0.25) is 4.79 Å². The number of hydrogen-bond donors (Lipinski definition) is 1. The Hall–Kier alpha value is -2.75. The van der Waals surface area contributed by atoms with Crippen LogP contribution in [0.4, 0.5) is 5.69 Å². The van der Waals surface area contributed by atoms with Crippen LogP contribution in [0.1, 0.15) is 29.0 Å². The normalized spacial score (nSPS) is 14.7. The molecule has 10 heteroatoms. The van der Waals surface area contributed by atoms with E-state index in [0.29, 0.717) is 41.6 Å². The van der Waals surface area contributed by atoms with Crippen LogP contribution in [0.25, 0.3) is 11.5 Å². The van der Waals surface area contributed by atoms with Crippen molar-refractivity contribution in [1.29, 1.82) is 0 Å². The van der Waals surface area contributed by atoms with Gasteiger partial charge >= 0.3 is 0 Å². The molecule has 8 nitrogen and oxygen atoms in total. The number of hydrogen-bond acceptors (Lipinski definition) is 6. The van der Waals surface area contributed by atoms with Gasteiger partial charge in [-0.2, -0.15) is 9.29 Å². The molecule has 0 spiro atoms. The number of nitrogens with zero attached hydrogens (tertiary/aromatic N) is 3. The summed E-state index contributed by atoms with van der Waals surface area (Å²) < 4.78 is 32.2. The molecule has 0 radical (unpaired) electrons. The standard InChI is InChI=1S/C20H19ClN4O4S/c1-13-22-20(29-24-13)15-6-4-14(5-7-15)19(26)23-16-8-9-17(21)18(12-16)30(27,28)25-10-2-3-11-25/h4-9,12H,2-3,10-11H2,1H3,(H,23,26). The second kappa shape index (κ2) is 8.17. The van der Waals surface area contributed by atoms with Crippen LogP contribution in [0.2, 0.25) is 5.02 Å². The second-order valence-electron chi connectivity index (χ2n) is 6.93. The quantitative estimate of drug-likeness (QED) is 0.640. The maximum atomic E-state index is 12.8. The van der Waals surface area contributed by atoms with Gasteiger partial charge in [0.15, 0.2) is 5.82 Å². The number of amides is 1. The molecule has 0 saturated carbocycles. The molecule has 1 aromatic heterocycles. The third kappa shape index (κ3) is 4.09. The predicted octanol–water partition coefficient (Wildman–Crippen LogP) is 3.74. The number of carbonyl (C=O) groups excluding carboxylic acids is 1. The number of nitrogens with one attached hydrogen (secondary N) is 1. The Kier molecular flexibility index (Phi) is 5.59. The molecule has 4 rings (SSSR count). The number of benzene rings is 2. The number of anilines is 1. The molecule has 30 heavy (non-hydrogen) atoms. The fraction of sp³-hybridized carbons (Fsp3) is 0.250. The summed E-state index contributed by atoms with van der Waals surface area (Å²) in [7, 11) is -3.70. The molecule has 1 amide bonds. The average Bonchev–Trinajstić information content (AvgIpc) is 3.42. The van der Waals surface area contributed by atoms with Gasteiger partial charge in [0.25, 0.3) is 11.8 Å². The van der Waals surface area contributed by atoms with Crippen molar-refractivity contribution in [2.24, 2.45) is 0 Å². The van der Waals surface area contributed by atoms with Crippen LogP contribution in [0, 0.1) is 6.92 Å². The minimum atomic E-state index is -3.70. The summed E-state index contributed by atoms with van der Waals surface area (Å²) in [5.74, 6) is 0.512. The summed E-state index contributed by atoms with van der Waals surface area (Å²) in [6.45, 7) is 2.67. The molecule has 1 aliphatic rings. The van der Waals surface area contributed by atoms with E-state index in [4.69, 9.17) is 16.1 Å². The first-order valence-corrected chi connectivity index (χ1v) is 11.2. The van der Waals surface area contributed by atoms with Crippen molar-refractivity contribution in [3.63, 3.8) is 0 Å². The Morgan fingerprint density at radius 1 is 1.13 bits per heavy atom. The second-order valence-corrected chi connectivity index (χ2v) is 9.25. The topological polar surface area (TPSA) is 105 Å². The first kappa shape index (κ1) is 20.5. The van der Waals surface area contributed by atoms with Gasteiger partial charge in [0.1, 0.15) is 4.90 Å². The first-order chi connectivity index (χ1) is 14.3. The van der Waals surface area contributed by atoms with Crippen molar-refractivity contribution in [3.05, 3.63) is 58.9 Å². The number of rotatable bonds is 5. The minimum Gasteiger partial charge on any atom is -0.334 e. The highest BCUT2D eigenvalue weighted by Gasteiger charge is 2.29. The maximum Gasteiger partial charge on any atom is 0.257 e. The lowest BCUT2D eigenvalue weighted by atomic mass is 10.1. The van der Waals surface area contributed by atoms with E-state index in [2.05, 4.69) is 15.5 Å². The van der Waals surface area contributed by atoms with E-state index in [-0.39, 0.29) is 15.8 Å². The molecule has 1 N–H and O–H groups in total. The molecular weight excluding hydrogens is 428 g/mol. The SMILES string of the molecule is Cc1noc(-c2ccc(C(=O)Nc3ccc(Cl)c(S(=O)(=O)N4CCCC4)c3)cc2)n1. The van der Waals surface area contributed by atoms with Gasteiger partial charge in [0, 0.05) is 29.9 Å². The molecule has 1 fully saturated rings. The molecule has 0 unspecified atom stereocenters. The van der Waals surface area contributed by atoms with Crippen LogP contribution in [-0.2, 0) is 10.0 Å². The Morgan fingerprint density at radius 3 is 2.47 bits per heavy atom. The monoisotopic (exact) mass is 446 g/mol. The third-order valence-corrected chi connectivity index (χ3v) is 7.17. The third-order valence-electron chi connectivity index (χ3n) is 4.79. The van der Waals surface area contributed by atoms with Crippen LogP contribution in [0.5, 0.6) is 0 Å². The van der Waals surface area contributed by atoms with Gasteiger partial charge in [-0.15, -0.1) is 0 Å². The van der Waals surface area contributed by atoms with E-state index < -0.39 is 10.0 Å². The molecular formula is C20H19ClN4O4S. The van der Waals surface area contributed by atoms with E-state index in [1.807, 2.05) is 0 Å². The predicted molar refractivity (Wildman–Crippen MR) is 112 cm³/mol. The number of halogens is 1. The van der Waals surface area contributed by atoms with Crippen molar-refractivity contribution in [3.8, 4) is 11.5 Å². The average molecular weight is 447 g/mol. The van der Waals surface area contributed by atoms with Crippen molar-refractivity contribution in [2.75, 3.05) is 18.4 Å². The maximum absolute atomic E-state index is 12.8. The van der Waals surface area contributed by atoms with Gasteiger partial charge < -0.3 is 9.84 Å².